The summed E-state index contributed by atoms with van der Waals surface area (Å²) in [6.45, 7) is 1.22. The number of amides is 1. The number of aromatic nitrogens is 3. The molecule has 1 fully saturated rings. The van der Waals surface area contributed by atoms with Crippen LogP contribution in [0.2, 0.25) is 0 Å². The number of H-pyrrole nitrogens is 1. The largest absolute Gasteiger partial charge is 0.388 e. The molecule has 1 unspecified atom stereocenters. The fourth-order valence-electron chi connectivity index (χ4n) is 2.99. The van der Waals surface area contributed by atoms with Gasteiger partial charge in [-0.1, -0.05) is 0 Å². The first kappa shape index (κ1) is 14.8. The third kappa shape index (κ3) is 2.76. The van der Waals surface area contributed by atoms with E-state index in [9.17, 15) is 9.90 Å². The van der Waals surface area contributed by atoms with Crippen LogP contribution >= 0.6 is 0 Å². The quantitative estimate of drug-likeness (QED) is 0.874. The lowest BCUT2D eigenvalue weighted by molar-refractivity contribution is -0.134. The molecule has 2 N–H and O–H groups in total. The van der Waals surface area contributed by atoms with Gasteiger partial charge in [0.1, 0.15) is 17.8 Å². The van der Waals surface area contributed by atoms with E-state index < -0.39 is 5.60 Å². The molecule has 7 heteroatoms. The monoisotopic (exact) mass is 303 g/mol. The Morgan fingerprint density at radius 1 is 1.50 bits per heavy atom. The number of carbonyl (C=O) groups excluding carboxylic acids is 1. The number of hydrogen-bond acceptors (Lipinski definition) is 5. The molecular formula is C15H21N5O2. The van der Waals surface area contributed by atoms with E-state index in [4.69, 9.17) is 0 Å². The molecule has 0 aliphatic carbocycles. The molecule has 1 saturated heterocycles. The average molecular weight is 303 g/mol. The molecule has 118 valence electrons. The Kier molecular flexibility index (Phi) is 3.74. The van der Waals surface area contributed by atoms with Gasteiger partial charge in [-0.3, -0.25) is 4.79 Å². The van der Waals surface area contributed by atoms with Crippen molar-refractivity contribution in [3.05, 3.63) is 18.6 Å². The van der Waals surface area contributed by atoms with Crippen LogP contribution < -0.4 is 4.90 Å². The van der Waals surface area contributed by atoms with Crippen molar-refractivity contribution in [2.75, 3.05) is 32.1 Å². The van der Waals surface area contributed by atoms with Gasteiger partial charge in [-0.2, -0.15) is 0 Å². The number of aliphatic hydroxyl groups is 1. The van der Waals surface area contributed by atoms with Crippen LogP contribution in [-0.4, -0.2) is 63.7 Å². The number of piperidine rings is 1. The zero-order chi connectivity index (χ0) is 15.7. The van der Waals surface area contributed by atoms with Crippen molar-refractivity contribution in [1.82, 2.24) is 19.9 Å². The van der Waals surface area contributed by atoms with E-state index in [1.165, 1.54) is 11.2 Å². The zero-order valence-corrected chi connectivity index (χ0v) is 12.9. The van der Waals surface area contributed by atoms with Crippen LogP contribution in [0.25, 0.3) is 11.0 Å². The van der Waals surface area contributed by atoms with Gasteiger partial charge in [0.25, 0.3) is 0 Å². The second kappa shape index (κ2) is 5.57. The lowest BCUT2D eigenvalue weighted by atomic mass is 9.89. The van der Waals surface area contributed by atoms with Crippen molar-refractivity contribution in [2.24, 2.45) is 0 Å². The van der Waals surface area contributed by atoms with Gasteiger partial charge >= 0.3 is 0 Å². The fourth-order valence-corrected chi connectivity index (χ4v) is 2.99. The van der Waals surface area contributed by atoms with Crippen LogP contribution in [0.4, 0.5) is 5.82 Å². The van der Waals surface area contributed by atoms with Crippen LogP contribution in [0.3, 0.4) is 0 Å². The Bertz CT molecular complexity index is 683. The summed E-state index contributed by atoms with van der Waals surface area (Å²) in [5.41, 5.74) is -0.226. The molecule has 2 aromatic rings. The summed E-state index contributed by atoms with van der Waals surface area (Å²) >= 11 is 0. The molecule has 0 radical (unpaired) electrons. The number of rotatable bonds is 3. The first-order valence-electron chi connectivity index (χ1n) is 7.44. The summed E-state index contributed by atoms with van der Waals surface area (Å²) in [5, 5.41) is 11.7. The van der Waals surface area contributed by atoms with Crippen molar-refractivity contribution in [1.29, 1.82) is 0 Å². The average Bonchev–Trinajstić information content (AvgIpc) is 2.94. The summed E-state index contributed by atoms with van der Waals surface area (Å²) in [4.78, 5) is 27.1. The molecule has 0 bridgehead atoms. The highest BCUT2D eigenvalue weighted by Crippen LogP contribution is 2.30. The zero-order valence-electron chi connectivity index (χ0n) is 12.9. The Hall–Kier alpha value is -2.15. The predicted molar refractivity (Wildman–Crippen MR) is 83.6 cm³/mol. The van der Waals surface area contributed by atoms with E-state index in [0.717, 1.165) is 29.8 Å². The van der Waals surface area contributed by atoms with Gasteiger partial charge in [0.05, 0.1) is 17.4 Å². The molecule has 0 saturated carbocycles. The summed E-state index contributed by atoms with van der Waals surface area (Å²) in [6.07, 6.45) is 4.94. The first-order valence-corrected chi connectivity index (χ1v) is 7.44. The number of anilines is 1. The number of aromatic amines is 1. The molecule has 1 aliphatic heterocycles. The lowest BCUT2D eigenvalue weighted by Gasteiger charge is -2.40. The van der Waals surface area contributed by atoms with Crippen molar-refractivity contribution < 1.29 is 9.90 Å². The van der Waals surface area contributed by atoms with E-state index in [1.54, 1.807) is 14.1 Å². The smallest absolute Gasteiger partial charge is 0.225 e. The summed E-state index contributed by atoms with van der Waals surface area (Å²) < 4.78 is 0. The number of carbonyl (C=O) groups is 1. The lowest BCUT2D eigenvalue weighted by Crippen LogP contribution is -2.50. The first-order chi connectivity index (χ1) is 10.5. The highest BCUT2D eigenvalue weighted by Gasteiger charge is 2.36. The predicted octanol–water partition coefficient (Wildman–Crippen LogP) is 0.767. The van der Waals surface area contributed by atoms with Gasteiger partial charge in [-0.15, -0.1) is 0 Å². The van der Waals surface area contributed by atoms with Gasteiger partial charge in [0.15, 0.2) is 0 Å². The SMILES string of the molecule is CN(C)C(=O)CC1(O)CCCN(c2ncnc3[nH]ccc23)C1. The molecule has 1 amide bonds. The minimum Gasteiger partial charge on any atom is -0.388 e. The molecule has 1 atom stereocenters. The van der Waals surface area contributed by atoms with Crippen molar-refractivity contribution >= 4 is 22.8 Å². The Balaban J connectivity index is 1.84. The standard InChI is InChI=1S/C15H21N5O2/c1-19(2)12(21)8-15(22)5-3-7-20(9-15)14-11-4-6-16-13(11)17-10-18-14/h4,6,10,22H,3,5,7-9H2,1-2H3,(H,16,17,18). The maximum atomic E-state index is 11.9. The van der Waals surface area contributed by atoms with E-state index in [-0.39, 0.29) is 12.3 Å². The third-order valence-corrected chi connectivity index (χ3v) is 4.17. The highest BCUT2D eigenvalue weighted by molar-refractivity contribution is 5.87. The normalized spacial score (nSPS) is 22.0. The molecule has 3 rings (SSSR count). The molecule has 3 heterocycles. The Labute approximate surface area is 129 Å². The van der Waals surface area contributed by atoms with Gasteiger partial charge in [0.2, 0.25) is 5.91 Å². The maximum absolute atomic E-state index is 11.9. The van der Waals surface area contributed by atoms with Crippen LogP contribution in [0, 0.1) is 0 Å². The number of hydrogen-bond donors (Lipinski definition) is 2. The summed E-state index contributed by atoms with van der Waals surface area (Å²) in [6, 6.07) is 1.93. The van der Waals surface area contributed by atoms with E-state index in [2.05, 4.69) is 15.0 Å². The fraction of sp³-hybridized carbons (Fsp3) is 0.533. The summed E-state index contributed by atoms with van der Waals surface area (Å²) in [7, 11) is 3.42. The summed E-state index contributed by atoms with van der Waals surface area (Å²) in [5.74, 6) is 0.750. The minimum atomic E-state index is -1.01. The van der Waals surface area contributed by atoms with Crippen LogP contribution in [0.5, 0.6) is 0 Å². The van der Waals surface area contributed by atoms with Gasteiger partial charge < -0.3 is 19.9 Å². The molecule has 0 spiro atoms. The van der Waals surface area contributed by atoms with Crippen molar-refractivity contribution in [3.8, 4) is 0 Å². The van der Waals surface area contributed by atoms with Gasteiger partial charge in [-0.05, 0) is 18.9 Å². The van der Waals surface area contributed by atoms with E-state index in [0.29, 0.717) is 13.0 Å². The van der Waals surface area contributed by atoms with Gasteiger partial charge in [0, 0.05) is 33.4 Å². The Morgan fingerprint density at radius 2 is 2.32 bits per heavy atom. The second-order valence-corrected chi connectivity index (χ2v) is 6.15. The van der Waals surface area contributed by atoms with Gasteiger partial charge in [-0.25, -0.2) is 9.97 Å². The second-order valence-electron chi connectivity index (χ2n) is 6.15. The van der Waals surface area contributed by atoms with Crippen molar-refractivity contribution in [2.45, 2.75) is 24.9 Å². The number of nitrogens with zero attached hydrogens (tertiary/aromatic N) is 4. The Morgan fingerprint density at radius 3 is 3.09 bits per heavy atom. The number of fused-ring (bicyclic) bond motifs is 1. The molecule has 22 heavy (non-hydrogen) atoms. The van der Waals surface area contributed by atoms with E-state index in [1.807, 2.05) is 17.2 Å². The molecule has 2 aromatic heterocycles. The minimum absolute atomic E-state index is 0.0566. The number of nitrogens with one attached hydrogen (secondary N) is 1. The van der Waals surface area contributed by atoms with Crippen LogP contribution in [-0.2, 0) is 4.79 Å². The molecular weight excluding hydrogens is 282 g/mol. The molecule has 1 aliphatic rings. The highest BCUT2D eigenvalue weighted by atomic mass is 16.3. The van der Waals surface area contributed by atoms with Crippen molar-refractivity contribution in [3.63, 3.8) is 0 Å². The topological polar surface area (TPSA) is 85.3 Å². The third-order valence-electron chi connectivity index (χ3n) is 4.17. The van der Waals surface area contributed by atoms with Crippen LogP contribution in [0.15, 0.2) is 18.6 Å². The molecule has 0 aromatic carbocycles. The molecule has 7 nitrogen and oxygen atoms in total. The number of β-amino-alcohol motifs (C(OH)–C–C–N with tert-alkyl or cyclic N) is 1. The van der Waals surface area contributed by atoms with Crippen LogP contribution in [0.1, 0.15) is 19.3 Å². The maximum Gasteiger partial charge on any atom is 0.225 e. The van der Waals surface area contributed by atoms with E-state index >= 15 is 0 Å².